The zero-order valence-electron chi connectivity index (χ0n) is 16.5. The van der Waals surface area contributed by atoms with E-state index in [9.17, 15) is 13.2 Å². The Bertz CT molecular complexity index is 867. The summed E-state index contributed by atoms with van der Waals surface area (Å²) >= 11 is 0. The van der Waals surface area contributed by atoms with E-state index < -0.39 is 21.7 Å². The van der Waals surface area contributed by atoms with Gasteiger partial charge in [0.2, 0.25) is 10.0 Å². The second kappa shape index (κ2) is 7.33. The molecule has 160 valence electrons. The van der Waals surface area contributed by atoms with Crippen LogP contribution in [0.1, 0.15) is 44.3 Å². The number of nitrogens with one attached hydrogen (secondary N) is 1. The van der Waals surface area contributed by atoms with E-state index in [1.165, 1.54) is 0 Å². The molecule has 1 aromatic heterocycles. The molecule has 0 unspecified atom stereocenters. The normalized spacial score (nSPS) is 29.7. The fraction of sp³-hybridized carbons (Fsp3) is 0.789. The molecule has 1 saturated carbocycles. The molecule has 29 heavy (non-hydrogen) atoms. The van der Waals surface area contributed by atoms with Gasteiger partial charge in [-0.15, -0.1) is 0 Å². The van der Waals surface area contributed by atoms with Crippen molar-refractivity contribution >= 4 is 15.9 Å². The van der Waals surface area contributed by atoms with Crippen molar-refractivity contribution < 1.29 is 22.7 Å². The Labute approximate surface area is 170 Å². The maximum absolute atomic E-state index is 12.8. The Hall–Kier alpha value is -1.49. The molecule has 2 atom stereocenters. The Balaban J connectivity index is 1.29. The first kappa shape index (κ1) is 19.5. The topological polar surface area (TPSA) is 103 Å². The van der Waals surface area contributed by atoms with Crippen molar-refractivity contribution in [2.75, 3.05) is 26.2 Å². The smallest absolute Gasteiger partial charge is 0.251 e. The van der Waals surface area contributed by atoms with E-state index >= 15 is 0 Å². The minimum absolute atomic E-state index is 0.0798. The standard InChI is InChI=1S/C19H28N4O5S/c24-17(21-12-14-2-1-11-27-14)16-13-22-10-7-20-18(22)19(28-16)5-8-23(9-6-19)29(25,26)15-3-4-15/h7,10,14-16H,1-6,8-9,11-13H2,(H,21,24)/t14-,16+/m1/s1. The van der Waals surface area contributed by atoms with Crippen LogP contribution >= 0.6 is 0 Å². The van der Waals surface area contributed by atoms with Gasteiger partial charge in [0.05, 0.1) is 17.9 Å². The summed E-state index contributed by atoms with van der Waals surface area (Å²) in [6, 6.07) is 0. The van der Waals surface area contributed by atoms with Crippen molar-refractivity contribution in [2.24, 2.45) is 0 Å². The number of carbonyl (C=O) groups is 1. The van der Waals surface area contributed by atoms with Gasteiger partial charge in [0.15, 0.2) is 6.10 Å². The van der Waals surface area contributed by atoms with Gasteiger partial charge in [-0.2, -0.15) is 0 Å². The molecule has 10 heteroatoms. The average Bonchev–Trinajstić information content (AvgIpc) is 3.25. The summed E-state index contributed by atoms with van der Waals surface area (Å²) in [5.41, 5.74) is -0.719. The second-order valence-electron chi connectivity index (χ2n) is 8.53. The van der Waals surface area contributed by atoms with Crippen LogP contribution in [0.3, 0.4) is 0 Å². The molecule has 1 aliphatic carbocycles. The number of hydrogen-bond acceptors (Lipinski definition) is 6. The molecule has 1 spiro atoms. The van der Waals surface area contributed by atoms with Crippen LogP contribution in [0.5, 0.6) is 0 Å². The van der Waals surface area contributed by atoms with Crippen LogP contribution in [-0.2, 0) is 36.4 Å². The van der Waals surface area contributed by atoms with E-state index in [1.807, 2.05) is 10.8 Å². The lowest BCUT2D eigenvalue weighted by Gasteiger charge is -2.45. The van der Waals surface area contributed by atoms with Gasteiger partial charge in [0.25, 0.3) is 5.91 Å². The summed E-state index contributed by atoms with van der Waals surface area (Å²) in [6.45, 7) is 2.46. The van der Waals surface area contributed by atoms with Gasteiger partial charge in [-0.1, -0.05) is 0 Å². The number of sulfonamides is 1. The van der Waals surface area contributed by atoms with Crippen molar-refractivity contribution in [1.82, 2.24) is 19.2 Å². The van der Waals surface area contributed by atoms with Crippen LogP contribution in [0.15, 0.2) is 12.4 Å². The Kier molecular flexibility index (Phi) is 4.92. The molecule has 0 bridgehead atoms. The predicted molar refractivity (Wildman–Crippen MR) is 104 cm³/mol. The number of rotatable bonds is 5. The van der Waals surface area contributed by atoms with Gasteiger partial charge in [-0.3, -0.25) is 4.79 Å². The Morgan fingerprint density at radius 3 is 2.76 bits per heavy atom. The third-order valence-electron chi connectivity index (χ3n) is 6.51. The van der Waals surface area contributed by atoms with Crippen LogP contribution < -0.4 is 5.32 Å². The van der Waals surface area contributed by atoms with Gasteiger partial charge in [-0.05, 0) is 38.5 Å². The van der Waals surface area contributed by atoms with E-state index in [4.69, 9.17) is 9.47 Å². The van der Waals surface area contributed by atoms with Gasteiger partial charge in [0, 0.05) is 38.6 Å². The monoisotopic (exact) mass is 424 g/mol. The van der Waals surface area contributed by atoms with Crippen molar-refractivity contribution in [3.63, 3.8) is 0 Å². The first-order valence-electron chi connectivity index (χ1n) is 10.6. The predicted octanol–water partition coefficient (Wildman–Crippen LogP) is 0.360. The van der Waals surface area contributed by atoms with Crippen molar-refractivity contribution in [1.29, 1.82) is 0 Å². The minimum Gasteiger partial charge on any atom is -0.376 e. The van der Waals surface area contributed by atoms with Gasteiger partial charge in [0.1, 0.15) is 11.4 Å². The number of fused-ring (bicyclic) bond motifs is 2. The first-order chi connectivity index (χ1) is 14.0. The van der Waals surface area contributed by atoms with E-state index in [0.717, 1.165) is 38.1 Å². The van der Waals surface area contributed by atoms with Crippen LogP contribution in [0.4, 0.5) is 0 Å². The highest BCUT2D eigenvalue weighted by Gasteiger charge is 2.50. The Morgan fingerprint density at radius 1 is 1.28 bits per heavy atom. The summed E-state index contributed by atoms with van der Waals surface area (Å²) < 4.78 is 40.7. The highest BCUT2D eigenvalue weighted by Crippen LogP contribution is 2.42. The third kappa shape index (κ3) is 3.60. The molecule has 0 radical (unpaired) electrons. The molecule has 1 N–H and O–H groups in total. The fourth-order valence-electron chi connectivity index (χ4n) is 4.69. The van der Waals surface area contributed by atoms with E-state index in [-0.39, 0.29) is 17.3 Å². The van der Waals surface area contributed by atoms with E-state index in [0.29, 0.717) is 39.0 Å². The molecule has 9 nitrogen and oxygen atoms in total. The lowest BCUT2D eigenvalue weighted by molar-refractivity contribution is -0.171. The number of hydrogen-bond donors (Lipinski definition) is 1. The molecule has 3 fully saturated rings. The number of imidazole rings is 1. The largest absolute Gasteiger partial charge is 0.376 e. The SMILES string of the molecule is O=C(NC[C@H]1CCCO1)[C@@H]1Cn2ccnc2C2(CCN(S(=O)(=O)C3CC3)CC2)O1. The number of nitrogens with zero attached hydrogens (tertiary/aromatic N) is 3. The summed E-state index contributed by atoms with van der Waals surface area (Å²) in [5.74, 6) is 0.649. The zero-order chi connectivity index (χ0) is 20.1. The maximum atomic E-state index is 12.8. The molecule has 5 rings (SSSR count). The number of carbonyl (C=O) groups excluding carboxylic acids is 1. The summed E-state index contributed by atoms with van der Waals surface area (Å²) in [5, 5.41) is 2.76. The second-order valence-corrected chi connectivity index (χ2v) is 10.7. The van der Waals surface area contributed by atoms with Gasteiger partial charge >= 0.3 is 0 Å². The molecule has 1 amide bonds. The van der Waals surface area contributed by atoms with Gasteiger partial charge in [-0.25, -0.2) is 17.7 Å². The zero-order valence-corrected chi connectivity index (χ0v) is 17.3. The highest BCUT2D eigenvalue weighted by molar-refractivity contribution is 7.90. The van der Waals surface area contributed by atoms with Crippen LogP contribution in [0, 0.1) is 0 Å². The molecule has 4 heterocycles. The molecule has 0 aromatic carbocycles. The summed E-state index contributed by atoms with van der Waals surface area (Å²) in [4.78, 5) is 17.3. The fourth-order valence-corrected chi connectivity index (χ4v) is 6.53. The third-order valence-corrected chi connectivity index (χ3v) is 8.91. The summed E-state index contributed by atoms with van der Waals surface area (Å²) in [6.07, 6.45) is 7.58. The van der Waals surface area contributed by atoms with Crippen LogP contribution in [0.2, 0.25) is 0 Å². The lowest BCUT2D eigenvalue weighted by Crippen LogP contribution is -2.55. The minimum atomic E-state index is -3.20. The van der Waals surface area contributed by atoms with Crippen molar-refractivity contribution in [2.45, 2.75) is 68.1 Å². The lowest BCUT2D eigenvalue weighted by atomic mass is 9.89. The van der Waals surface area contributed by atoms with Crippen LogP contribution in [0.25, 0.3) is 0 Å². The molecule has 3 aliphatic heterocycles. The first-order valence-corrected chi connectivity index (χ1v) is 12.1. The van der Waals surface area contributed by atoms with E-state index in [1.54, 1.807) is 10.5 Å². The molecular weight excluding hydrogens is 396 g/mol. The Morgan fingerprint density at radius 2 is 2.07 bits per heavy atom. The average molecular weight is 425 g/mol. The van der Waals surface area contributed by atoms with Crippen LogP contribution in [-0.4, -0.2) is 71.9 Å². The van der Waals surface area contributed by atoms with Crippen molar-refractivity contribution in [3.05, 3.63) is 18.2 Å². The van der Waals surface area contributed by atoms with Crippen molar-refractivity contribution in [3.8, 4) is 0 Å². The van der Waals surface area contributed by atoms with Gasteiger partial charge < -0.3 is 19.4 Å². The molecule has 1 aromatic rings. The molecule has 2 saturated heterocycles. The van der Waals surface area contributed by atoms with E-state index in [2.05, 4.69) is 10.3 Å². The number of amides is 1. The highest BCUT2D eigenvalue weighted by atomic mass is 32.2. The maximum Gasteiger partial charge on any atom is 0.251 e. The number of aromatic nitrogens is 2. The molecular formula is C19H28N4O5S. The molecule has 4 aliphatic rings. The number of ether oxygens (including phenoxy) is 2. The number of piperidine rings is 1. The quantitative estimate of drug-likeness (QED) is 0.732. The summed E-state index contributed by atoms with van der Waals surface area (Å²) in [7, 11) is -3.20.